The van der Waals surface area contributed by atoms with Crippen molar-refractivity contribution in [3.63, 3.8) is 0 Å². The number of phenolic OH excluding ortho intramolecular Hbond substituents is 3. The highest BCUT2D eigenvalue weighted by Crippen LogP contribution is 2.49. The first-order chi connectivity index (χ1) is 24.9. The van der Waals surface area contributed by atoms with Gasteiger partial charge in [-0.2, -0.15) is 0 Å². The van der Waals surface area contributed by atoms with E-state index in [1.165, 1.54) is 11.1 Å². The molecule has 0 heterocycles. The lowest BCUT2D eigenvalue weighted by atomic mass is 9.64. The first kappa shape index (κ1) is 45.5. The Morgan fingerprint density at radius 2 is 0.714 bits per heavy atom. The van der Waals surface area contributed by atoms with Gasteiger partial charge in [-0.25, -0.2) is 0 Å². The molecule has 0 saturated heterocycles. The van der Waals surface area contributed by atoms with Gasteiger partial charge in [-0.1, -0.05) is 180 Å². The smallest absolute Gasteiger partial charge is 0.123 e. The van der Waals surface area contributed by atoms with Gasteiger partial charge in [0.05, 0.1) is 5.60 Å². The third-order valence-corrected chi connectivity index (χ3v) is 11.8. The summed E-state index contributed by atoms with van der Waals surface area (Å²) in [7, 11) is 0. The lowest BCUT2D eigenvalue weighted by Gasteiger charge is -2.43. The highest BCUT2D eigenvalue weighted by molar-refractivity contribution is 5.53. The fourth-order valence-corrected chi connectivity index (χ4v) is 9.11. The van der Waals surface area contributed by atoms with Crippen LogP contribution in [-0.2, 0) is 51.8 Å². The molecule has 4 N–H and O–H groups in total. The van der Waals surface area contributed by atoms with Crippen LogP contribution in [0.15, 0.2) is 48.0 Å². The first-order valence-corrected chi connectivity index (χ1v) is 21.0. The molecule has 2 atom stereocenters. The minimum atomic E-state index is -1.16. The summed E-state index contributed by atoms with van der Waals surface area (Å²) in [5.41, 5.74) is 7.06. The molecule has 0 radical (unpaired) electrons. The topological polar surface area (TPSA) is 80.9 Å². The van der Waals surface area contributed by atoms with E-state index >= 15 is 0 Å². The third kappa shape index (κ3) is 10.2. The van der Waals surface area contributed by atoms with Gasteiger partial charge in [-0.3, -0.25) is 0 Å². The van der Waals surface area contributed by atoms with E-state index in [0.29, 0.717) is 36.5 Å². The monoisotopic (exact) mass is 767 g/mol. The Labute approximate surface area is 341 Å². The number of hydrogen-bond acceptors (Lipinski definition) is 4. The fourth-order valence-electron chi connectivity index (χ4n) is 9.11. The lowest BCUT2D eigenvalue weighted by molar-refractivity contribution is 0.0245. The fraction of sp³-hybridized carbons (Fsp3) is 0.615. The van der Waals surface area contributed by atoms with Crippen molar-refractivity contribution in [2.75, 3.05) is 0 Å². The van der Waals surface area contributed by atoms with Crippen LogP contribution >= 0.6 is 0 Å². The molecule has 0 saturated carbocycles. The van der Waals surface area contributed by atoms with Gasteiger partial charge in [0.1, 0.15) is 17.2 Å². The molecule has 0 spiro atoms. The van der Waals surface area contributed by atoms with Crippen LogP contribution in [0.3, 0.4) is 0 Å². The lowest BCUT2D eigenvalue weighted by Crippen LogP contribution is -2.41. The van der Waals surface area contributed by atoms with Crippen LogP contribution in [0.5, 0.6) is 17.2 Å². The number of benzene rings is 3. The van der Waals surface area contributed by atoms with Gasteiger partial charge in [0, 0.05) is 6.42 Å². The standard InChI is InChI=1S/C52H78O4/c1-45(2,3)36-21-32(22-37(42(36)53)46(4,5)6)20-35-28-51(19,27-33-23-38(47(7,8)9)43(54)39(24-33)48(10,11)12)31-52(56,30-35)29-34-25-40(49(13,14)15)44(55)41(26-34)50(16,17)18/h21-26,30,53-56H,20,27-29,31H2,1-19H3. The Kier molecular flexibility index (Phi) is 11.8. The van der Waals surface area contributed by atoms with Crippen molar-refractivity contribution in [1.82, 2.24) is 0 Å². The van der Waals surface area contributed by atoms with Crippen molar-refractivity contribution in [3.05, 3.63) is 98.1 Å². The maximum Gasteiger partial charge on any atom is 0.123 e. The van der Waals surface area contributed by atoms with Gasteiger partial charge in [-0.05, 0) is 114 Å². The predicted molar refractivity (Wildman–Crippen MR) is 238 cm³/mol. The van der Waals surface area contributed by atoms with Crippen molar-refractivity contribution in [1.29, 1.82) is 0 Å². The second kappa shape index (κ2) is 14.5. The van der Waals surface area contributed by atoms with Gasteiger partial charge in [0.15, 0.2) is 0 Å². The Bertz CT molecular complexity index is 1860. The summed E-state index contributed by atoms with van der Waals surface area (Å²) in [4.78, 5) is 0. The van der Waals surface area contributed by atoms with Crippen molar-refractivity contribution < 1.29 is 20.4 Å². The number of rotatable bonds is 6. The molecule has 3 aromatic carbocycles. The summed E-state index contributed by atoms with van der Waals surface area (Å²) in [6.07, 6.45) is 5.34. The van der Waals surface area contributed by atoms with E-state index in [-0.39, 0.29) is 37.9 Å². The van der Waals surface area contributed by atoms with E-state index in [1.54, 1.807) is 0 Å². The summed E-state index contributed by atoms with van der Waals surface area (Å²) in [6, 6.07) is 13.0. The summed E-state index contributed by atoms with van der Waals surface area (Å²) in [5.74, 6) is 1.10. The zero-order valence-corrected chi connectivity index (χ0v) is 38.9. The molecule has 1 aliphatic rings. The van der Waals surface area contributed by atoms with Crippen LogP contribution in [0.25, 0.3) is 0 Å². The number of phenols is 3. The third-order valence-electron chi connectivity index (χ3n) is 11.8. The van der Waals surface area contributed by atoms with Gasteiger partial charge < -0.3 is 20.4 Å². The van der Waals surface area contributed by atoms with Gasteiger partial charge in [-0.15, -0.1) is 0 Å². The average Bonchev–Trinajstić information content (AvgIpc) is 2.95. The van der Waals surface area contributed by atoms with Crippen LogP contribution in [0.4, 0.5) is 0 Å². The van der Waals surface area contributed by atoms with Gasteiger partial charge in [0.25, 0.3) is 0 Å². The SMILES string of the molecule is CC1(Cc2cc(C(C)(C)C)c(O)c(C(C)(C)C)c2)CC(Cc2cc(C(C)(C)C)c(O)c(C(C)(C)C)c2)=CC(O)(Cc2cc(C(C)(C)C)c(O)c(C(C)(C)C)c2)C1. The Morgan fingerprint density at radius 3 is 1.00 bits per heavy atom. The minimum absolute atomic E-state index is 0.248. The molecule has 0 aliphatic heterocycles. The van der Waals surface area contributed by atoms with Crippen LogP contribution in [0.2, 0.25) is 0 Å². The highest BCUT2D eigenvalue weighted by Gasteiger charge is 2.42. The molecule has 2 unspecified atom stereocenters. The molecule has 4 rings (SSSR count). The van der Waals surface area contributed by atoms with Gasteiger partial charge in [0.2, 0.25) is 0 Å². The Morgan fingerprint density at radius 1 is 0.446 bits per heavy atom. The number of aromatic hydroxyl groups is 3. The molecular weight excluding hydrogens is 689 g/mol. The number of aliphatic hydroxyl groups is 1. The summed E-state index contributed by atoms with van der Waals surface area (Å²) >= 11 is 0. The van der Waals surface area contributed by atoms with E-state index in [4.69, 9.17) is 0 Å². The van der Waals surface area contributed by atoms with Crippen molar-refractivity contribution in [2.45, 2.75) is 202 Å². The number of hydrogen-bond donors (Lipinski definition) is 4. The summed E-state index contributed by atoms with van der Waals surface area (Å²) in [6.45, 7) is 41.0. The zero-order valence-electron chi connectivity index (χ0n) is 38.9. The van der Waals surface area contributed by atoms with Crippen LogP contribution in [0, 0.1) is 5.41 Å². The predicted octanol–water partition coefficient (Wildman–Crippen LogP) is 13.1. The van der Waals surface area contributed by atoms with E-state index in [0.717, 1.165) is 57.3 Å². The quantitative estimate of drug-likeness (QED) is 0.188. The minimum Gasteiger partial charge on any atom is -0.507 e. The van der Waals surface area contributed by atoms with E-state index in [1.807, 2.05) is 0 Å². The van der Waals surface area contributed by atoms with Gasteiger partial charge >= 0.3 is 0 Å². The molecule has 0 amide bonds. The largest absolute Gasteiger partial charge is 0.507 e. The van der Waals surface area contributed by atoms with Crippen molar-refractivity contribution >= 4 is 0 Å². The molecule has 0 bridgehead atoms. The Balaban J connectivity index is 1.95. The Hall–Kier alpha value is -3.24. The summed E-state index contributed by atoms with van der Waals surface area (Å²) in [5, 5.41) is 47.7. The molecular formula is C52H78O4. The van der Waals surface area contributed by atoms with E-state index in [2.05, 4.69) is 174 Å². The summed E-state index contributed by atoms with van der Waals surface area (Å²) < 4.78 is 0. The molecule has 56 heavy (non-hydrogen) atoms. The van der Waals surface area contributed by atoms with Crippen LogP contribution in [0.1, 0.15) is 194 Å². The molecule has 3 aromatic rings. The molecule has 0 fully saturated rings. The van der Waals surface area contributed by atoms with Crippen molar-refractivity contribution in [3.8, 4) is 17.2 Å². The molecule has 4 heteroatoms. The maximum absolute atomic E-state index is 13.0. The van der Waals surface area contributed by atoms with Crippen LogP contribution in [-0.4, -0.2) is 26.0 Å². The molecule has 1 aliphatic carbocycles. The number of allylic oxidation sites excluding steroid dienone is 1. The van der Waals surface area contributed by atoms with E-state index < -0.39 is 5.60 Å². The van der Waals surface area contributed by atoms with Crippen molar-refractivity contribution in [2.24, 2.45) is 5.41 Å². The second-order valence-corrected chi connectivity index (χ2v) is 24.2. The first-order valence-electron chi connectivity index (χ1n) is 21.0. The average molecular weight is 767 g/mol. The second-order valence-electron chi connectivity index (χ2n) is 24.2. The van der Waals surface area contributed by atoms with E-state index in [9.17, 15) is 20.4 Å². The molecule has 310 valence electrons. The normalized spacial score (nSPS) is 20.3. The zero-order chi connectivity index (χ0) is 43.0. The molecule has 4 nitrogen and oxygen atoms in total. The molecule has 0 aromatic heterocycles. The highest BCUT2D eigenvalue weighted by atomic mass is 16.3. The van der Waals surface area contributed by atoms with Crippen LogP contribution < -0.4 is 0 Å². The maximum atomic E-state index is 13.0.